The molecule has 0 saturated carbocycles. The summed E-state index contributed by atoms with van der Waals surface area (Å²) in [6.07, 6.45) is -5.70. The van der Waals surface area contributed by atoms with Crippen molar-refractivity contribution in [3.05, 3.63) is 0 Å². The number of hydrogen-bond donors (Lipinski definition) is 1. The molecule has 114 valence electrons. The molecule has 0 spiro atoms. The Morgan fingerprint density at radius 3 is 2.05 bits per heavy atom. The van der Waals surface area contributed by atoms with Gasteiger partial charge in [0.15, 0.2) is 6.10 Å². The minimum absolute atomic E-state index is 0.0423. The summed E-state index contributed by atoms with van der Waals surface area (Å²) in [5, 5.41) is 8.77. The van der Waals surface area contributed by atoms with Gasteiger partial charge in [-0.15, -0.1) is 0 Å². The minimum atomic E-state index is -4.21. The molecule has 2 atom stereocenters. The average Bonchev–Trinajstić information content (AvgIpc) is 2.86. The Labute approximate surface area is 113 Å². The van der Waals surface area contributed by atoms with Crippen molar-refractivity contribution in [2.75, 3.05) is 13.1 Å². The van der Waals surface area contributed by atoms with Gasteiger partial charge in [0.25, 0.3) is 5.91 Å². The fourth-order valence-electron chi connectivity index (χ4n) is 2.63. The van der Waals surface area contributed by atoms with E-state index in [9.17, 15) is 22.8 Å². The molecule has 2 heterocycles. The van der Waals surface area contributed by atoms with Crippen LogP contribution < -0.4 is 0 Å². The molecule has 2 rings (SSSR count). The maximum Gasteiger partial charge on any atom is 0.391 e. The summed E-state index contributed by atoms with van der Waals surface area (Å²) in [6.45, 7) is 0.0845. The summed E-state index contributed by atoms with van der Waals surface area (Å²) < 4.78 is 42.7. The Morgan fingerprint density at radius 2 is 1.60 bits per heavy atom. The molecule has 0 aliphatic carbocycles. The molecule has 2 saturated heterocycles. The van der Waals surface area contributed by atoms with Gasteiger partial charge in [-0.1, -0.05) is 0 Å². The van der Waals surface area contributed by atoms with E-state index in [4.69, 9.17) is 9.84 Å². The van der Waals surface area contributed by atoms with Crippen LogP contribution >= 0.6 is 0 Å². The number of carbonyl (C=O) groups is 2. The van der Waals surface area contributed by atoms with Crippen molar-refractivity contribution in [2.24, 2.45) is 5.92 Å². The zero-order valence-corrected chi connectivity index (χ0v) is 10.7. The monoisotopic (exact) mass is 295 g/mol. The van der Waals surface area contributed by atoms with E-state index < -0.39 is 36.2 Å². The second-order valence-corrected chi connectivity index (χ2v) is 5.17. The fourth-order valence-corrected chi connectivity index (χ4v) is 2.63. The van der Waals surface area contributed by atoms with Crippen molar-refractivity contribution in [1.82, 2.24) is 4.90 Å². The Morgan fingerprint density at radius 1 is 1.05 bits per heavy atom. The molecule has 2 aliphatic heterocycles. The summed E-state index contributed by atoms with van der Waals surface area (Å²) in [5.74, 6) is -2.87. The summed E-state index contributed by atoms with van der Waals surface area (Å²) in [7, 11) is 0. The van der Waals surface area contributed by atoms with E-state index in [-0.39, 0.29) is 32.4 Å². The minimum Gasteiger partial charge on any atom is -0.479 e. The normalized spacial score (nSPS) is 28.6. The van der Waals surface area contributed by atoms with Gasteiger partial charge in [0, 0.05) is 13.1 Å². The van der Waals surface area contributed by atoms with Gasteiger partial charge in [0.2, 0.25) is 0 Å². The number of likely N-dealkylation sites (tertiary alicyclic amines) is 1. The molecule has 2 aliphatic rings. The lowest BCUT2D eigenvalue weighted by Crippen LogP contribution is -2.46. The number of hydrogen-bond acceptors (Lipinski definition) is 3. The number of nitrogens with zero attached hydrogens (tertiary/aromatic N) is 1. The van der Waals surface area contributed by atoms with Crippen LogP contribution in [0.4, 0.5) is 13.2 Å². The van der Waals surface area contributed by atoms with Gasteiger partial charge in [-0.2, -0.15) is 13.2 Å². The number of amides is 1. The van der Waals surface area contributed by atoms with Crippen LogP contribution in [0.5, 0.6) is 0 Å². The van der Waals surface area contributed by atoms with Crippen molar-refractivity contribution < 1.29 is 32.6 Å². The van der Waals surface area contributed by atoms with Crippen LogP contribution in [0.15, 0.2) is 0 Å². The van der Waals surface area contributed by atoms with E-state index in [0.717, 1.165) is 0 Å². The highest BCUT2D eigenvalue weighted by Crippen LogP contribution is 2.34. The lowest BCUT2D eigenvalue weighted by Gasteiger charge is -2.34. The highest BCUT2D eigenvalue weighted by atomic mass is 19.4. The van der Waals surface area contributed by atoms with E-state index in [1.807, 2.05) is 0 Å². The van der Waals surface area contributed by atoms with Gasteiger partial charge >= 0.3 is 12.1 Å². The van der Waals surface area contributed by atoms with E-state index in [1.165, 1.54) is 4.90 Å². The first kappa shape index (κ1) is 15.1. The zero-order chi connectivity index (χ0) is 14.9. The second kappa shape index (κ2) is 5.59. The molecule has 0 unspecified atom stereocenters. The Hall–Kier alpha value is -1.31. The molecule has 0 bridgehead atoms. The first-order valence-electron chi connectivity index (χ1n) is 6.53. The number of piperidine rings is 1. The van der Waals surface area contributed by atoms with Crippen LogP contribution in [-0.4, -0.2) is 53.4 Å². The summed E-state index contributed by atoms with van der Waals surface area (Å²) in [4.78, 5) is 24.1. The molecule has 0 aromatic carbocycles. The molecular weight excluding hydrogens is 279 g/mol. The SMILES string of the molecule is O=C(O)[C@H]1CC[C@@H](C(=O)N2CCC(C(F)(F)F)CC2)O1. The average molecular weight is 295 g/mol. The predicted octanol–water partition coefficient (Wildman–Crippen LogP) is 1.42. The molecule has 20 heavy (non-hydrogen) atoms. The summed E-state index contributed by atoms with van der Waals surface area (Å²) in [5.41, 5.74) is 0. The molecule has 0 aromatic rings. The number of aliphatic carboxylic acids is 1. The molecular formula is C12H16F3NO4. The molecule has 1 N–H and O–H groups in total. The molecule has 0 aromatic heterocycles. The third kappa shape index (κ3) is 3.23. The Balaban J connectivity index is 1.85. The van der Waals surface area contributed by atoms with E-state index in [1.54, 1.807) is 0 Å². The second-order valence-electron chi connectivity index (χ2n) is 5.17. The van der Waals surface area contributed by atoms with E-state index in [2.05, 4.69) is 0 Å². The first-order chi connectivity index (χ1) is 9.29. The fraction of sp³-hybridized carbons (Fsp3) is 0.833. The van der Waals surface area contributed by atoms with Crippen LogP contribution in [0.25, 0.3) is 0 Å². The van der Waals surface area contributed by atoms with Gasteiger partial charge in [-0.3, -0.25) is 4.79 Å². The van der Waals surface area contributed by atoms with Crippen molar-refractivity contribution in [3.8, 4) is 0 Å². The number of halogens is 3. The topological polar surface area (TPSA) is 66.8 Å². The highest BCUT2D eigenvalue weighted by Gasteiger charge is 2.43. The third-order valence-electron chi connectivity index (χ3n) is 3.84. The van der Waals surface area contributed by atoms with Crippen molar-refractivity contribution in [1.29, 1.82) is 0 Å². The highest BCUT2D eigenvalue weighted by molar-refractivity contribution is 5.82. The van der Waals surface area contributed by atoms with Crippen LogP contribution in [0.1, 0.15) is 25.7 Å². The Kier molecular flexibility index (Phi) is 4.22. The lowest BCUT2D eigenvalue weighted by atomic mass is 9.96. The van der Waals surface area contributed by atoms with E-state index >= 15 is 0 Å². The van der Waals surface area contributed by atoms with Gasteiger partial charge in [0.05, 0.1) is 5.92 Å². The standard InChI is InChI=1S/C12H16F3NO4/c13-12(14,15)7-3-5-16(6-4-7)10(17)8-1-2-9(20-8)11(18)19/h7-9H,1-6H2,(H,18,19)/t8-,9+/m0/s1. The molecule has 8 heteroatoms. The van der Waals surface area contributed by atoms with Gasteiger partial charge in [-0.25, -0.2) is 4.79 Å². The first-order valence-corrected chi connectivity index (χ1v) is 6.53. The van der Waals surface area contributed by atoms with Crippen LogP contribution in [0.3, 0.4) is 0 Å². The molecule has 0 radical (unpaired) electrons. The smallest absolute Gasteiger partial charge is 0.391 e. The predicted molar refractivity (Wildman–Crippen MR) is 60.9 cm³/mol. The van der Waals surface area contributed by atoms with Crippen LogP contribution in [0.2, 0.25) is 0 Å². The molecule has 1 amide bonds. The molecule has 2 fully saturated rings. The number of carboxylic acid groups (broad SMARTS) is 1. The van der Waals surface area contributed by atoms with E-state index in [0.29, 0.717) is 6.42 Å². The largest absolute Gasteiger partial charge is 0.479 e. The maximum absolute atomic E-state index is 12.5. The van der Waals surface area contributed by atoms with Crippen LogP contribution in [-0.2, 0) is 14.3 Å². The number of rotatable bonds is 2. The van der Waals surface area contributed by atoms with Crippen molar-refractivity contribution in [3.63, 3.8) is 0 Å². The zero-order valence-electron chi connectivity index (χ0n) is 10.7. The third-order valence-corrected chi connectivity index (χ3v) is 3.84. The summed E-state index contributed by atoms with van der Waals surface area (Å²) in [6, 6.07) is 0. The van der Waals surface area contributed by atoms with Gasteiger partial charge in [-0.05, 0) is 25.7 Å². The lowest BCUT2D eigenvalue weighted by molar-refractivity contribution is -0.188. The van der Waals surface area contributed by atoms with Crippen molar-refractivity contribution >= 4 is 11.9 Å². The molecule has 5 nitrogen and oxygen atoms in total. The maximum atomic E-state index is 12.5. The van der Waals surface area contributed by atoms with Gasteiger partial charge in [0.1, 0.15) is 6.10 Å². The van der Waals surface area contributed by atoms with Gasteiger partial charge < -0.3 is 14.7 Å². The number of ether oxygens (including phenoxy) is 1. The van der Waals surface area contributed by atoms with Crippen molar-refractivity contribution in [2.45, 2.75) is 44.1 Å². The number of carbonyl (C=O) groups excluding carboxylic acids is 1. The number of carboxylic acids is 1. The summed E-state index contributed by atoms with van der Waals surface area (Å²) >= 11 is 0. The Bertz CT molecular complexity index is 391. The quantitative estimate of drug-likeness (QED) is 0.836. The number of alkyl halides is 3. The van der Waals surface area contributed by atoms with Crippen LogP contribution in [0, 0.1) is 5.92 Å².